The smallest absolute Gasteiger partial charge is 0.123 e. The van der Waals surface area contributed by atoms with E-state index in [0.717, 1.165) is 34.9 Å². The van der Waals surface area contributed by atoms with Crippen molar-refractivity contribution in [1.82, 2.24) is 4.98 Å². The second-order valence-corrected chi connectivity index (χ2v) is 6.57. The van der Waals surface area contributed by atoms with Gasteiger partial charge in [-0.3, -0.25) is 4.98 Å². The molecule has 4 rings (SSSR count). The summed E-state index contributed by atoms with van der Waals surface area (Å²) < 4.78 is 5.46. The van der Waals surface area contributed by atoms with E-state index in [0.29, 0.717) is 0 Å². The second kappa shape index (κ2) is 6.13. The van der Waals surface area contributed by atoms with Crippen LogP contribution in [0.2, 0.25) is 0 Å². The van der Waals surface area contributed by atoms with Gasteiger partial charge in [-0.15, -0.1) is 0 Å². The number of benzene rings is 2. The summed E-state index contributed by atoms with van der Waals surface area (Å²) in [6.45, 7) is 0.745. The highest BCUT2D eigenvalue weighted by Crippen LogP contribution is 2.38. The SMILES string of the molecule is COc1ccccc1CNc1c2c(nc3ccccc13)CSC2. The molecule has 0 bridgehead atoms. The van der Waals surface area contributed by atoms with Crippen LogP contribution in [0.15, 0.2) is 48.5 Å². The third kappa shape index (κ3) is 2.63. The lowest BCUT2D eigenvalue weighted by Crippen LogP contribution is -2.05. The van der Waals surface area contributed by atoms with Gasteiger partial charge in [-0.05, 0) is 12.1 Å². The Labute approximate surface area is 140 Å². The first-order valence-corrected chi connectivity index (χ1v) is 8.86. The number of hydrogen-bond acceptors (Lipinski definition) is 4. The Morgan fingerprint density at radius 2 is 1.91 bits per heavy atom. The molecule has 23 heavy (non-hydrogen) atoms. The number of anilines is 1. The minimum absolute atomic E-state index is 0.745. The lowest BCUT2D eigenvalue weighted by Gasteiger charge is -2.15. The molecule has 2 aromatic carbocycles. The van der Waals surface area contributed by atoms with Crippen LogP contribution in [0.25, 0.3) is 10.9 Å². The molecular formula is C19H18N2OS. The van der Waals surface area contributed by atoms with Crippen LogP contribution >= 0.6 is 11.8 Å². The van der Waals surface area contributed by atoms with Gasteiger partial charge in [0.15, 0.2) is 0 Å². The van der Waals surface area contributed by atoms with Crippen molar-refractivity contribution in [3.8, 4) is 5.75 Å². The van der Waals surface area contributed by atoms with Crippen molar-refractivity contribution < 1.29 is 4.74 Å². The van der Waals surface area contributed by atoms with Gasteiger partial charge in [0.1, 0.15) is 5.75 Å². The van der Waals surface area contributed by atoms with E-state index in [1.54, 1.807) is 7.11 Å². The second-order valence-electron chi connectivity index (χ2n) is 5.59. The van der Waals surface area contributed by atoms with Crippen LogP contribution in [0.1, 0.15) is 16.8 Å². The predicted molar refractivity (Wildman–Crippen MR) is 97.1 cm³/mol. The normalized spacial score (nSPS) is 13.1. The van der Waals surface area contributed by atoms with Gasteiger partial charge in [0, 0.05) is 40.3 Å². The molecule has 0 radical (unpaired) electrons. The van der Waals surface area contributed by atoms with Crippen LogP contribution in [0.4, 0.5) is 5.69 Å². The number of rotatable bonds is 4. The quantitative estimate of drug-likeness (QED) is 0.761. The van der Waals surface area contributed by atoms with Crippen LogP contribution in [-0.4, -0.2) is 12.1 Å². The molecule has 1 N–H and O–H groups in total. The standard InChI is InChI=1S/C19H18N2OS/c1-22-18-9-5-2-6-13(18)10-20-19-14-7-3-4-8-16(14)21-17-12-23-11-15(17)19/h2-9H,10-12H2,1H3,(H,20,21). The minimum Gasteiger partial charge on any atom is -0.496 e. The van der Waals surface area contributed by atoms with E-state index >= 15 is 0 Å². The van der Waals surface area contributed by atoms with E-state index in [1.807, 2.05) is 36.0 Å². The highest BCUT2D eigenvalue weighted by Gasteiger charge is 2.19. The summed E-state index contributed by atoms with van der Waals surface area (Å²) in [7, 11) is 1.72. The molecule has 0 aliphatic carbocycles. The summed E-state index contributed by atoms with van der Waals surface area (Å²) >= 11 is 1.93. The molecular weight excluding hydrogens is 304 g/mol. The molecule has 2 heterocycles. The van der Waals surface area contributed by atoms with E-state index in [2.05, 4.69) is 29.6 Å². The first-order chi connectivity index (χ1) is 11.4. The summed E-state index contributed by atoms with van der Waals surface area (Å²) in [4.78, 5) is 4.82. The van der Waals surface area contributed by atoms with Crippen molar-refractivity contribution >= 4 is 28.4 Å². The van der Waals surface area contributed by atoms with Crippen LogP contribution in [-0.2, 0) is 18.1 Å². The molecule has 3 nitrogen and oxygen atoms in total. The fraction of sp³-hybridized carbons (Fsp3) is 0.211. The van der Waals surface area contributed by atoms with E-state index in [9.17, 15) is 0 Å². The molecule has 0 amide bonds. The van der Waals surface area contributed by atoms with Crippen molar-refractivity contribution in [1.29, 1.82) is 0 Å². The minimum atomic E-state index is 0.745. The summed E-state index contributed by atoms with van der Waals surface area (Å²) in [5, 5.41) is 4.84. The molecule has 0 spiro atoms. The zero-order valence-electron chi connectivity index (χ0n) is 13.0. The van der Waals surface area contributed by atoms with Crippen LogP contribution in [0.3, 0.4) is 0 Å². The topological polar surface area (TPSA) is 34.1 Å². The fourth-order valence-electron chi connectivity index (χ4n) is 3.06. The number of aromatic nitrogens is 1. The molecule has 0 fully saturated rings. The van der Waals surface area contributed by atoms with Crippen LogP contribution in [0, 0.1) is 0 Å². The van der Waals surface area contributed by atoms with Gasteiger partial charge < -0.3 is 10.1 Å². The highest BCUT2D eigenvalue weighted by atomic mass is 32.2. The van der Waals surface area contributed by atoms with Crippen LogP contribution < -0.4 is 10.1 Å². The zero-order chi connectivity index (χ0) is 15.6. The first-order valence-electron chi connectivity index (χ1n) is 7.71. The molecule has 1 aromatic heterocycles. The van der Waals surface area contributed by atoms with Gasteiger partial charge in [-0.2, -0.15) is 11.8 Å². The summed E-state index contributed by atoms with van der Waals surface area (Å²) in [6, 6.07) is 16.5. The molecule has 0 saturated heterocycles. The van der Waals surface area contributed by atoms with Gasteiger partial charge in [0.25, 0.3) is 0 Å². The molecule has 4 heteroatoms. The lowest BCUT2D eigenvalue weighted by atomic mass is 10.1. The summed E-state index contributed by atoms with van der Waals surface area (Å²) in [5.41, 5.74) is 6.02. The number of hydrogen-bond donors (Lipinski definition) is 1. The Kier molecular flexibility index (Phi) is 3.83. The third-order valence-corrected chi connectivity index (χ3v) is 5.18. The van der Waals surface area contributed by atoms with Crippen molar-refractivity contribution in [2.24, 2.45) is 0 Å². The largest absolute Gasteiger partial charge is 0.496 e. The van der Waals surface area contributed by atoms with Gasteiger partial charge in [-0.25, -0.2) is 0 Å². The number of fused-ring (bicyclic) bond motifs is 2. The number of nitrogens with one attached hydrogen (secondary N) is 1. The number of pyridine rings is 1. The number of thioether (sulfide) groups is 1. The van der Waals surface area contributed by atoms with Gasteiger partial charge in [0.05, 0.1) is 18.3 Å². The monoisotopic (exact) mass is 322 g/mol. The number of para-hydroxylation sites is 2. The number of ether oxygens (including phenoxy) is 1. The maximum atomic E-state index is 5.46. The van der Waals surface area contributed by atoms with Gasteiger partial charge in [0.2, 0.25) is 0 Å². The Bertz CT molecular complexity index is 863. The van der Waals surface area contributed by atoms with E-state index < -0.39 is 0 Å². The van der Waals surface area contributed by atoms with E-state index in [4.69, 9.17) is 9.72 Å². The Balaban J connectivity index is 1.74. The maximum absolute atomic E-state index is 5.46. The van der Waals surface area contributed by atoms with Gasteiger partial charge in [-0.1, -0.05) is 36.4 Å². The summed E-state index contributed by atoms with van der Waals surface area (Å²) in [6.07, 6.45) is 0. The Hall–Kier alpha value is -2.20. The average Bonchev–Trinajstić information content (AvgIpc) is 3.07. The maximum Gasteiger partial charge on any atom is 0.123 e. The van der Waals surface area contributed by atoms with Crippen LogP contribution in [0.5, 0.6) is 5.75 Å². The Morgan fingerprint density at radius 3 is 2.83 bits per heavy atom. The molecule has 0 unspecified atom stereocenters. The summed E-state index contributed by atoms with van der Waals surface area (Å²) in [5.74, 6) is 2.95. The van der Waals surface area contributed by atoms with Crippen molar-refractivity contribution in [2.75, 3.05) is 12.4 Å². The van der Waals surface area contributed by atoms with Crippen molar-refractivity contribution in [3.63, 3.8) is 0 Å². The highest BCUT2D eigenvalue weighted by molar-refractivity contribution is 7.98. The molecule has 1 aliphatic heterocycles. The van der Waals surface area contributed by atoms with Crippen molar-refractivity contribution in [3.05, 3.63) is 65.4 Å². The molecule has 3 aromatic rings. The van der Waals surface area contributed by atoms with Crippen molar-refractivity contribution in [2.45, 2.75) is 18.1 Å². The molecule has 0 atom stereocenters. The molecule has 116 valence electrons. The lowest BCUT2D eigenvalue weighted by molar-refractivity contribution is 0.410. The number of nitrogens with zero attached hydrogens (tertiary/aromatic N) is 1. The van der Waals surface area contributed by atoms with E-state index in [1.165, 1.54) is 22.3 Å². The zero-order valence-corrected chi connectivity index (χ0v) is 13.8. The average molecular weight is 322 g/mol. The van der Waals surface area contributed by atoms with E-state index in [-0.39, 0.29) is 0 Å². The predicted octanol–water partition coefficient (Wildman–Crippen LogP) is 4.60. The Morgan fingerprint density at radius 1 is 1.09 bits per heavy atom. The number of methoxy groups -OCH3 is 1. The first kappa shape index (κ1) is 14.4. The fourth-order valence-corrected chi connectivity index (χ4v) is 4.11. The molecule has 0 saturated carbocycles. The molecule has 1 aliphatic rings. The third-order valence-electron chi connectivity index (χ3n) is 4.21. The van der Waals surface area contributed by atoms with Gasteiger partial charge >= 0.3 is 0 Å².